The lowest BCUT2D eigenvalue weighted by Gasteiger charge is -2.10. The van der Waals surface area contributed by atoms with Crippen molar-refractivity contribution in [2.75, 3.05) is 0 Å². The van der Waals surface area contributed by atoms with E-state index in [1.807, 2.05) is 6.07 Å². The Labute approximate surface area is 246 Å². The number of fused-ring (bicyclic) bond motifs is 12. The number of benzene rings is 7. The van der Waals surface area contributed by atoms with Gasteiger partial charge in [-0.2, -0.15) is 0 Å². The van der Waals surface area contributed by atoms with Gasteiger partial charge in [0.05, 0.1) is 27.5 Å². The standard InChI is InChI=1S/C40H24N2O/c1-2-12-27(13-3-1)42-35-22-20-30-29-14-7-9-17-36(29)43-40(30)38(35)32-21-23-34-37(39(32)42)31-15-6-8-16-33(31)41(34)28-19-18-25-10-4-5-11-26(25)24-28/h1-24H. The topological polar surface area (TPSA) is 23.0 Å². The predicted molar refractivity (Wildman–Crippen MR) is 180 cm³/mol. The number of furan rings is 1. The minimum Gasteiger partial charge on any atom is -0.455 e. The van der Waals surface area contributed by atoms with Crippen molar-refractivity contribution >= 4 is 76.3 Å². The highest BCUT2D eigenvalue weighted by molar-refractivity contribution is 6.31. The number of nitrogens with zero attached hydrogens (tertiary/aromatic N) is 2. The molecule has 0 aliphatic rings. The summed E-state index contributed by atoms with van der Waals surface area (Å²) in [5.74, 6) is 0. The van der Waals surface area contributed by atoms with Crippen LogP contribution in [-0.4, -0.2) is 9.13 Å². The van der Waals surface area contributed by atoms with Gasteiger partial charge < -0.3 is 13.6 Å². The third-order valence-corrected chi connectivity index (χ3v) is 9.08. The van der Waals surface area contributed by atoms with E-state index in [4.69, 9.17) is 4.42 Å². The lowest BCUT2D eigenvalue weighted by atomic mass is 10.1. The summed E-state index contributed by atoms with van der Waals surface area (Å²) in [6.07, 6.45) is 0. The Hall–Kier alpha value is -5.80. The van der Waals surface area contributed by atoms with Gasteiger partial charge in [0.15, 0.2) is 0 Å². The minimum atomic E-state index is 0.916. The van der Waals surface area contributed by atoms with Crippen LogP contribution in [0.15, 0.2) is 150 Å². The molecule has 0 spiro atoms. The van der Waals surface area contributed by atoms with Crippen molar-refractivity contribution in [2.24, 2.45) is 0 Å². The zero-order chi connectivity index (χ0) is 28.1. The van der Waals surface area contributed by atoms with Gasteiger partial charge in [-0.1, -0.05) is 84.9 Å². The van der Waals surface area contributed by atoms with Gasteiger partial charge in [-0.05, 0) is 71.4 Å². The Morgan fingerprint density at radius 2 is 1.09 bits per heavy atom. The van der Waals surface area contributed by atoms with Crippen molar-refractivity contribution in [3.63, 3.8) is 0 Å². The summed E-state index contributed by atoms with van der Waals surface area (Å²) in [5.41, 5.74) is 8.86. The number of hydrogen-bond acceptors (Lipinski definition) is 1. The molecule has 7 aromatic carbocycles. The molecule has 0 saturated carbocycles. The molecule has 43 heavy (non-hydrogen) atoms. The number of para-hydroxylation sites is 3. The van der Waals surface area contributed by atoms with E-state index in [0.29, 0.717) is 0 Å². The molecule has 0 atom stereocenters. The molecule has 3 heteroatoms. The van der Waals surface area contributed by atoms with Crippen LogP contribution in [0.1, 0.15) is 0 Å². The Balaban J connectivity index is 1.43. The van der Waals surface area contributed by atoms with Crippen LogP contribution in [0.2, 0.25) is 0 Å². The zero-order valence-corrected chi connectivity index (χ0v) is 23.2. The lowest BCUT2D eigenvalue weighted by molar-refractivity contribution is 0.673. The third kappa shape index (κ3) is 3.03. The maximum Gasteiger partial charge on any atom is 0.145 e. The minimum absolute atomic E-state index is 0.916. The molecule has 3 heterocycles. The first-order valence-corrected chi connectivity index (χ1v) is 14.7. The van der Waals surface area contributed by atoms with E-state index < -0.39 is 0 Å². The van der Waals surface area contributed by atoms with Crippen LogP contribution >= 0.6 is 0 Å². The molecule has 0 aliphatic heterocycles. The molecule has 10 rings (SSSR count). The zero-order valence-electron chi connectivity index (χ0n) is 23.2. The summed E-state index contributed by atoms with van der Waals surface area (Å²) >= 11 is 0. The summed E-state index contributed by atoms with van der Waals surface area (Å²) in [7, 11) is 0. The van der Waals surface area contributed by atoms with E-state index >= 15 is 0 Å². The van der Waals surface area contributed by atoms with Crippen LogP contribution in [0.4, 0.5) is 0 Å². The van der Waals surface area contributed by atoms with Crippen LogP contribution in [0.5, 0.6) is 0 Å². The maximum absolute atomic E-state index is 6.62. The fraction of sp³-hybridized carbons (Fsp3) is 0. The Morgan fingerprint density at radius 3 is 1.98 bits per heavy atom. The van der Waals surface area contributed by atoms with Gasteiger partial charge in [-0.3, -0.25) is 0 Å². The molecular weight excluding hydrogens is 524 g/mol. The molecule has 0 saturated heterocycles. The second-order valence-corrected chi connectivity index (χ2v) is 11.3. The molecule has 3 aromatic heterocycles. The first-order chi connectivity index (χ1) is 21.3. The van der Waals surface area contributed by atoms with Crippen molar-refractivity contribution in [1.29, 1.82) is 0 Å². The van der Waals surface area contributed by atoms with Crippen molar-refractivity contribution in [3.05, 3.63) is 146 Å². The van der Waals surface area contributed by atoms with Gasteiger partial charge in [0.1, 0.15) is 11.2 Å². The van der Waals surface area contributed by atoms with E-state index in [1.54, 1.807) is 0 Å². The third-order valence-electron chi connectivity index (χ3n) is 9.08. The number of aromatic nitrogens is 2. The average molecular weight is 549 g/mol. The van der Waals surface area contributed by atoms with Crippen LogP contribution in [0.25, 0.3) is 87.7 Å². The predicted octanol–water partition coefficient (Wildman–Crippen LogP) is 10.9. The molecule has 0 unspecified atom stereocenters. The molecule has 0 amide bonds. The largest absolute Gasteiger partial charge is 0.455 e. The van der Waals surface area contributed by atoms with Crippen molar-refractivity contribution in [2.45, 2.75) is 0 Å². The molecule has 0 N–H and O–H groups in total. The van der Waals surface area contributed by atoms with Gasteiger partial charge in [0.25, 0.3) is 0 Å². The highest BCUT2D eigenvalue weighted by Gasteiger charge is 2.23. The van der Waals surface area contributed by atoms with E-state index in [0.717, 1.165) is 44.2 Å². The highest BCUT2D eigenvalue weighted by Crippen LogP contribution is 2.45. The highest BCUT2D eigenvalue weighted by atomic mass is 16.3. The second-order valence-electron chi connectivity index (χ2n) is 11.3. The van der Waals surface area contributed by atoms with Crippen LogP contribution < -0.4 is 0 Å². The smallest absolute Gasteiger partial charge is 0.145 e. The van der Waals surface area contributed by atoms with E-state index in [1.165, 1.54) is 43.5 Å². The second kappa shape index (κ2) is 8.37. The molecule has 0 bridgehead atoms. The number of hydrogen-bond donors (Lipinski definition) is 0. The fourth-order valence-electron chi connectivity index (χ4n) is 7.26. The summed E-state index contributed by atoms with van der Waals surface area (Å²) in [5, 5.41) is 9.59. The first-order valence-electron chi connectivity index (χ1n) is 14.7. The normalized spacial score (nSPS) is 12.2. The molecule has 3 nitrogen and oxygen atoms in total. The molecule has 0 aliphatic carbocycles. The van der Waals surface area contributed by atoms with Crippen LogP contribution in [0, 0.1) is 0 Å². The van der Waals surface area contributed by atoms with Gasteiger partial charge >= 0.3 is 0 Å². The summed E-state index contributed by atoms with van der Waals surface area (Å²) in [6.45, 7) is 0. The molecule has 10 aromatic rings. The quantitative estimate of drug-likeness (QED) is 0.211. The van der Waals surface area contributed by atoms with Gasteiger partial charge in [0, 0.05) is 38.3 Å². The van der Waals surface area contributed by atoms with Gasteiger partial charge in [-0.25, -0.2) is 0 Å². The van der Waals surface area contributed by atoms with Crippen LogP contribution in [-0.2, 0) is 0 Å². The van der Waals surface area contributed by atoms with E-state index in [-0.39, 0.29) is 0 Å². The monoisotopic (exact) mass is 548 g/mol. The Kier molecular flexibility index (Phi) is 4.45. The average Bonchev–Trinajstić information content (AvgIpc) is 3.72. The fourth-order valence-corrected chi connectivity index (χ4v) is 7.26. The van der Waals surface area contributed by atoms with Gasteiger partial charge in [-0.15, -0.1) is 0 Å². The molecule has 200 valence electrons. The summed E-state index contributed by atoms with van der Waals surface area (Å²) in [6, 6.07) is 52.2. The summed E-state index contributed by atoms with van der Waals surface area (Å²) in [4.78, 5) is 0. The molecular formula is C40H24N2O. The van der Waals surface area contributed by atoms with E-state index in [9.17, 15) is 0 Å². The molecule has 0 fully saturated rings. The Morgan fingerprint density at radius 1 is 0.395 bits per heavy atom. The van der Waals surface area contributed by atoms with Gasteiger partial charge in [0.2, 0.25) is 0 Å². The Bertz CT molecular complexity index is 2720. The van der Waals surface area contributed by atoms with Crippen molar-refractivity contribution in [3.8, 4) is 11.4 Å². The van der Waals surface area contributed by atoms with Crippen molar-refractivity contribution in [1.82, 2.24) is 9.13 Å². The van der Waals surface area contributed by atoms with Crippen LogP contribution in [0.3, 0.4) is 0 Å². The lowest BCUT2D eigenvalue weighted by Crippen LogP contribution is -1.95. The SMILES string of the molecule is c1ccc(-n2c3ccc4c5ccccc5oc4c3c3ccc4c(c5ccccc5n4-c4ccc5ccccc5c4)c32)cc1. The maximum atomic E-state index is 6.62. The number of rotatable bonds is 2. The molecule has 0 radical (unpaired) electrons. The van der Waals surface area contributed by atoms with E-state index in [2.05, 4.69) is 149 Å². The first kappa shape index (κ1) is 22.8. The van der Waals surface area contributed by atoms with Crippen molar-refractivity contribution < 1.29 is 4.42 Å². The summed E-state index contributed by atoms with van der Waals surface area (Å²) < 4.78 is 11.5.